The second-order valence-electron chi connectivity index (χ2n) is 9.19. The van der Waals surface area contributed by atoms with Crippen molar-refractivity contribution in [3.8, 4) is 11.5 Å². The van der Waals surface area contributed by atoms with E-state index in [4.69, 9.17) is 13.3 Å². The van der Waals surface area contributed by atoms with Gasteiger partial charge in [0.05, 0.1) is 5.39 Å². The summed E-state index contributed by atoms with van der Waals surface area (Å²) in [5.41, 5.74) is 0.0391. The number of nitrogens with one attached hydrogen (secondary N) is 1. The Morgan fingerprint density at radius 1 is 1.00 bits per heavy atom. The Labute approximate surface area is 213 Å². The predicted octanol–water partition coefficient (Wildman–Crippen LogP) is 5.31. The van der Waals surface area contributed by atoms with Crippen LogP contribution in [0, 0.1) is 6.92 Å². The van der Waals surface area contributed by atoms with Crippen molar-refractivity contribution >= 4 is 38.8 Å². The third-order valence-electron chi connectivity index (χ3n) is 5.82. The van der Waals surface area contributed by atoms with Gasteiger partial charge >= 0.3 is 15.7 Å². The van der Waals surface area contributed by atoms with E-state index in [1.807, 2.05) is 32.9 Å². The van der Waals surface area contributed by atoms with Gasteiger partial charge in [-0.25, -0.2) is 4.79 Å². The minimum absolute atomic E-state index is 0.0999. The molecule has 0 fully saturated rings. The van der Waals surface area contributed by atoms with E-state index in [1.165, 1.54) is 24.3 Å². The Hall–Kier alpha value is -4.37. The van der Waals surface area contributed by atoms with Crippen LogP contribution in [0.1, 0.15) is 35.3 Å². The zero-order valence-electron chi connectivity index (χ0n) is 20.3. The van der Waals surface area contributed by atoms with E-state index in [0.29, 0.717) is 11.3 Å². The molecule has 0 saturated carbocycles. The molecule has 5 rings (SSSR count). The van der Waals surface area contributed by atoms with Crippen molar-refractivity contribution < 1.29 is 26.5 Å². The molecule has 8 nitrogen and oxygen atoms in total. The zero-order chi connectivity index (χ0) is 26.4. The Morgan fingerprint density at radius 3 is 2.49 bits per heavy atom. The second kappa shape index (κ2) is 8.94. The van der Waals surface area contributed by atoms with Gasteiger partial charge in [0.2, 0.25) is 0 Å². The van der Waals surface area contributed by atoms with E-state index in [1.54, 1.807) is 42.5 Å². The van der Waals surface area contributed by atoms with Gasteiger partial charge < -0.3 is 18.7 Å². The number of carbonyl (C=O) groups excluding carboxylic acids is 1. The molecular formula is C28H23NO7S. The van der Waals surface area contributed by atoms with Gasteiger partial charge in [-0.3, -0.25) is 4.79 Å². The molecule has 0 saturated heterocycles. The van der Waals surface area contributed by atoms with E-state index >= 15 is 0 Å². The third kappa shape index (κ3) is 4.85. The van der Waals surface area contributed by atoms with Crippen molar-refractivity contribution in [2.75, 3.05) is 5.32 Å². The van der Waals surface area contributed by atoms with Crippen LogP contribution in [0.3, 0.4) is 0 Å². The fourth-order valence-corrected chi connectivity index (χ4v) is 4.84. The number of amides is 1. The maximum Gasteiger partial charge on any atom is 0.364 e. The largest absolute Gasteiger partial charge is 0.483 e. The molecule has 0 aliphatic carbocycles. The highest BCUT2D eigenvalue weighted by Crippen LogP contribution is 2.35. The number of hydrogen-bond donors (Lipinski definition) is 1. The van der Waals surface area contributed by atoms with E-state index in [2.05, 4.69) is 5.32 Å². The maximum atomic E-state index is 13.2. The molecule has 1 N–H and O–H groups in total. The summed E-state index contributed by atoms with van der Waals surface area (Å²) in [7, 11) is -4.34. The third-order valence-corrected chi connectivity index (χ3v) is 7.05. The first kappa shape index (κ1) is 24.3. The molecule has 9 heteroatoms. The van der Waals surface area contributed by atoms with Crippen LogP contribution >= 0.6 is 0 Å². The first-order chi connectivity index (χ1) is 17.5. The summed E-state index contributed by atoms with van der Waals surface area (Å²) in [5.74, 6) is -0.368. The lowest BCUT2D eigenvalue weighted by Gasteiger charge is -2.27. The molecule has 0 atom stereocenters. The number of benzene rings is 3. The van der Waals surface area contributed by atoms with Crippen LogP contribution in [0.4, 0.5) is 5.69 Å². The molecule has 3 aromatic carbocycles. The monoisotopic (exact) mass is 517 g/mol. The highest BCUT2D eigenvalue weighted by molar-refractivity contribution is 7.87. The van der Waals surface area contributed by atoms with E-state index in [-0.39, 0.29) is 27.2 Å². The van der Waals surface area contributed by atoms with Gasteiger partial charge in [-0.15, -0.1) is 0 Å². The van der Waals surface area contributed by atoms with Gasteiger partial charge in [0.15, 0.2) is 11.4 Å². The van der Waals surface area contributed by atoms with E-state index < -0.39 is 32.9 Å². The molecule has 0 bridgehead atoms. The van der Waals surface area contributed by atoms with E-state index in [0.717, 1.165) is 5.56 Å². The standard InChI is InChI=1S/C28H23NO7S/c1-17-8-11-20(12-9-17)37(32,33)36-25-21-6-4-5-7-23(21)34-27(31)24(25)29-26(30)19-10-13-22-18(16-19)14-15-28(2,3)35-22/h4-16H,1-3H3,(H,29,30). The van der Waals surface area contributed by atoms with Crippen molar-refractivity contribution in [1.29, 1.82) is 0 Å². The Kier molecular flexibility index (Phi) is 5.88. The quantitative estimate of drug-likeness (QED) is 0.282. The number of anilines is 1. The summed E-state index contributed by atoms with van der Waals surface area (Å²) in [6.07, 6.45) is 3.72. The second-order valence-corrected chi connectivity index (χ2v) is 10.7. The van der Waals surface area contributed by atoms with Crippen LogP contribution in [0.5, 0.6) is 11.5 Å². The predicted molar refractivity (Wildman–Crippen MR) is 140 cm³/mol. The molecule has 1 aliphatic heterocycles. The SMILES string of the molecule is Cc1ccc(S(=O)(=O)Oc2c(NC(=O)c3ccc4c(c3)C=CC(C)(C)O4)c(=O)oc3ccccc23)cc1. The molecule has 0 spiro atoms. The van der Waals surface area contributed by atoms with Crippen LogP contribution in [0.25, 0.3) is 17.0 Å². The number of carbonyl (C=O) groups is 1. The topological polar surface area (TPSA) is 112 Å². The minimum atomic E-state index is -4.34. The lowest BCUT2D eigenvalue weighted by atomic mass is 10.0. The van der Waals surface area contributed by atoms with Crippen molar-refractivity contribution in [2.45, 2.75) is 31.3 Å². The van der Waals surface area contributed by atoms with Crippen LogP contribution in [0.15, 0.2) is 86.9 Å². The molecule has 0 radical (unpaired) electrons. The molecule has 1 amide bonds. The first-order valence-corrected chi connectivity index (χ1v) is 12.8. The summed E-state index contributed by atoms with van der Waals surface area (Å²) < 4.78 is 42.9. The van der Waals surface area contributed by atoms with Crippen molar-refractivity contribution in [3.05, 3.63) is 99.9 Å². The lowest BCUT2D eigenvalue weighted by molar-refractivity contribution is 0.102. The number of fused-ring (bicyclic) bond motifs is 2. The van der Waals surface area contributed by atoms with Crippen LogP contribution in [-0.2, 0) is 10.1 Å². The smallest absolute Gasteiger partial charge is 0.364 e. The number of ether oxygens (including phenoxy) is 1. The van der Waals surface area contributed by atoms with Gasteiger partial charge in [0.25, 0.3) is 5.91 Å². The molecule has 37 heavy (non-hydrogen) atoms. The number of aryl methyl sites for hydroxylation is 1. The highest BCUT2D eigenvalue weighted by atomic mass is 32.2. The minimum Gasteiger partial charge on any atom is -0.483 e. The Morgan fingerprint density at radius 2 is 1.73 bits per heavy atom. The number of rotatable bonds is 5. The summed E-state index contributed by atoms with van der Waals surface area (Å²) in [4.78, 5) is 26.0. The van der Waals surface area contributed by atoms with Crippen molar-refractivity contribution in [2.24, 2.45) is 0 Å². The molecule has 2 heterocycles. The molecule has 4 aromatic rings. The summed E-state index contributed by atoms with van der Waals surface area (Å²) in [6, 6.07) is 17.2. The van der Waals surface area contributed by atoms with Gasteiger partial charge in [0, 0.05) is 11.1 Å². The highest BCUT2D eigenvalue weighted by Gasteiger charge is 2.26. The number of para-hydroxylation sites is 1. The fraction of sp³-hybridized carbons (Fsp3) is 0.143. The molecular weight excluding hydrogens is 494 g/mol. The summed E-state index contributed by atoms with van der Waals surface area (Å²) in [5, 5.41) is 2.70. The summed E-state index contributed by atoms with van der Waals surface area (Å²) in [6.45, 7) is 5.65. The molecule has 1 aromatic heterocycles. The maximum absolute atomic E-state index is 13.2. The average molecular weight is 518 g/mol. The molecule has 188 valence electrons. The van der Waals surface area contributed by atoms with Gasteiger partial charge in [0.1, 0.15) is 21.8 Å². The normalized spacial score (nSPS) is 14.0. The Bertz CT molecular complexity index is 1730. The number of hydrogen-bond acceptors (Lipinski definition) is 7. The molecule has 1 aliphatic rings. The van der Waals surface area contributed by atoms with Gasteiger partial charge in [-0.2, -0.15) is 8.42 Å². The van der Waals surface area contributed by atoms with Crippen molar-refractivity contribution in [3.63, 3.8) is 0 Å². The van der Waals surface area contributed by atoms with Crippen LogP contribution < -0.4 is 19.9 Å². The molecule has 0 unspecified atom stereocenters. The first-order valence-electron chi connectivity index (χ1n) is 11.4. The van der Waals surface area contributed by atoms with Crippen LogP contribution in [-0.4, -0.2) is 19.9 Å². The van der Waals surface area contributed by atoms with Gasteiger partial charge in [-0.05, 0) is 69.3 Å². The fourth-order valence-electron chi connectivity index (χ4n) is 3.89. The lowest BCUT2D eigenvalue weighted by Crippen LogP contribution is -2.27. The Balaban J connectivity index is 1.55. The van der Waals surface area contributed by atoms with Gasteiger partial charge in [-0.1, -0.05) is 35.9 Å². The van der Waals surface area contributed by atoms with E-state index in [9.17, 15) is 18.0 Å². The summed E-state index contributed by atoms with van der Waals surface area (Å²) >= 11 is 0. The zero-order valence-corrected chi connectivity index (χ0v) is 21.1. The average Bonchev–Trinajstić information content (AvgIpc) is 2.85. The van der Waals surface area contributed by atoms with Crippen LogP contribution in [0.2, 0.25) is 0 Å². The van der Waals surface area contributed by atoms with Crippen molar-refractivity contribution in [1.82, 2.24) is 0 Å².